The zero-order valence-corrected chi connectivity index (χ0v) is 26.8. The summed E-state index contributed by atoms with van der Waals surface area (Å²) in [5.41, 5.74) is 4.67. The van der Waals surface area contributed by atoms with Crippen molar-refractivity contribution < 1.29 is 14.7 Å². The Morgan fingerprint density at radius 2 is 1.42 bits per heavy atom. The molecule has 3 N–H and O–H groups in total. The Labute approximate surface area is 276 Å². The average molecular weight is 652 g/mol. The van der Waals surface area contributed by atoms with Gasteiger partial charge in [-0.2, -0.15) is 0 Å². The standard InChI is InChI=1S/C34H38N6O3.2ClH/c41-30-21-27-28(10-8-11-29(27)38-34(30)43)37-33(42)12-7-9-26(24-13-15-31(35-22-24)39-17-3-1-4-18-39)25-14-16-32(36-23-25)40-19-5-2-6-20-40;;/h7-16,22-23,30,41H,1-6,17-21H2,(H,37,42)(H,38,43);2*1H. The highest BCUT2D eigenvalue weighted by molar-refractivity contribution is 6.03. The molecule has 0 spiro atoms. The monoisotopic (exact) mass is 650 g/mol. The molecule has 1 atom stereocenters. The Morgan fingerprint density at radius 1 is 0.844 bits per heavy atom. The second-order valence-electron chi connectivity index (χ2n) is 11.4. The van der Waals surface area contributed by atoms with Crippen molar-refractivity contribution in [3.05, 3.63) is 89.8 Å². The van der Waals surface area contributed by atoms with E-state index >= 15 is 0 Å². The Hall–Kier alpha value is -3.92. The first-order valence-electron chi connectivity index (χ1n) is 15.3. The van der Waals surface area contributed by atoms with Gasteiger partial charge < -0.3 is 25.5 Å². The van der Waals surface area contributed by atoms with Crippen LogP contribution in [0, 0.1) is 0 Å². The van der Waals surface area contributed by atoms with Crippen LogP contribution >= 0.6 is 24.8 Å². The number of fused-ring (bicyclic) bond motifs is 1. The Bertz CT molecular complexity index is 1450. The number of aromatic nitrogens is 2. The lowest BCUT2D eigenvalue weighted by molar-refractivity contribution is -0.124. The Morgan fingerprint density at radius 3 is 1.96 bits per heavy atom. The second-order valence-corrected chi connectivity index (χ2v) is 11.4. The van der Waals surface area contributed by atoms with Gasteiger partial charge in [-0.3, -0.25) is 9.59 Å². The van der Waals surface area contributed by atoms with E-state index in [2.05, 4.69) is 44.7 Å². The maximum absolute atomic E-state index is 12.9. The molecular formula is C34H40Cl2N6O3. The van der Waals surface area contributed by atoms with Gasteiger partial charge in [-0.1, -0.05) is 18.2 Å². The van der Waals surface area contributed by atoms with Crippen LogP contribution in [0.25, 0.3) is 5.57 Å². The molecule has 0 saturated carbocycles. The van der Waals surface area contributed by atoms with Crippen LogP contribution in [0.1, 0.15) is 55.2 Å². The first kappa shape index (κ1) is 34.0. The Balaban J connectivity index is 0.00000230. The van der Waals surface area contributed by atoms with Gasteiger partial charge in [-0.25, -0.2) is 9.97 Å². The van der Waals surface area contributed by atoms with Gasteiger partial charge in [0.15, 0.2) is 0 Å². The number of rotatable bonds is 7. The summed E-state index contributed by atoms with van der Waals surface area (Å²) in [6, 6.07) is 13.6. The van der Waals surface area contributed by atoms with Gasteiger partial charge in [-0.15, -0.1) is 24.8 Å². The maximum atomic E-state index is 12.9. The van der Waals surface area contributed by atoms with Crippen molar-refractivity contribution >= 4 is 65.2 Å². The number of nitrogens with zero attached hydrogens (tertiary/aromatic N) is 4. The minimum atomic E-state index is -1.14. The summed E-state index contributed by atoms with van der Waals surface area (Å²) in [5.74, 6) is 1.23. The quantitative estimate of drug-likeness (QED) is 0.219. The van der Waals surface area contributed by atoms with E-state index in [-0.39, 0.29) is 37.1 Å². The van der Waals surface area contributed by atoms with Crippen molar-refractivity contribution in [1.82, 2.24) is 9.97 Å². The third kappa shape index (κ3) is 8.22. The summed E-state index contributed by atoms with van der Waals surface area (Å²) in [5, 5.41) is 15.6. The number of hydrogen-bond donors (Lipinski definition) is 3. The van der Waals surface area contributed by atoms with Gasteiger partial charge in [0.2, 0.25) is 5.91 Å². The molecular weight excluding hydrogens is 611 g/mol. The maximum Gasteiger partial charge on any atom is 0.253 e. The summed E-state index contributed by atoms with van der Waals surface area (Å²) >= 11 is 0. The number of carbonyl (C=O) groups is 2. The number of amides is 2. The van der Waals surface area contributed by atoms with Crippen molar-refractivity contribution in [2.45, 2.75) is 51.0 Å². The number of allylic oxidation sites excluding steroid dienone is 2. The minimum absolute atomic E-state index is 0. The summed E-state index contributed by atoms with van der Waals surface area (Å²) < 4.78 is 0. The summed E-state index contributed by atoms with van der Waals surface area (Å²) in [4.78, 5) is 39.0. The van der Waals surface area contributed by atoms with Gasteiger partial charge in [0, 0.05) is 79.1 Å². The van der Waals surface area contributed by atoms with Crippen LogP contribution in [0.15, 0.2) is 73.1 Å². The molecule has 2 saturated heterocycles. The highest BCUT2D eigenvalue weighted by Gasteiger charge is 2.26. The molecule has 9 nitrogen and oxygen atoms in total. The van der Waals surface area contributed by atoms with Crippen LogP contribution in [0.4, 0.5) is 23.0 Å². The highest BCUT2D eigenvalue weighted by Crippen LogP contribution is 2.30. The van der Waals surface area contributed by atoms with Crippen molar-refractivity contribution in [1.29, 1.82) is 0 Å². The van der Waals surface area contributed by atoms with Gasteiger partial charge in [0.05, 0.1) is 0 Å². The molecule has 0 radical (unpaired) electrons. The molecule has 5 heterocycles. The molecule has 3 aliphatic heterocycles. The molecule has 6 rings (SSSR count). The number of nitrogens with one attached hydrogen (secondary N) is 2. The van der Waals surface area contributed by atoms with Crippen molar-refractivity contribution in [3.8, 4) is 0 Å². The van der Waals surface area contributed by atoms with Crippen LogP contribution in [-0.4, -0.2) is 59.2 Å². The molecule has 238 valence electrons. The van der Waals surface area contributed by atoms with E-state index in [9.17, 15) is 14.7 Å². The van der Waals surface area contributed by atoms with Crippen molar-refractivity contribution in [3.63, 3.8) is 0 Å². The molecule has 1 unspecified atom stereocenters. The first-order valence-corrected chi connectivity index (χ1v) is 15.3. The number of piperidine rings is 2. The predicted octanol–water partition coefficient (Wildman–Crippen LogP) is 5.78. The molecule has 0 aliphatic carbocycles. The third-order valence-electron chi connectivity index (χ3n) is 8.38. The topological polar surface area (TPSA) is 111 Å². The van der Waals surface area contributed by atoms with Crippen molar-refractivity contribution in [2.24, 2.45) is 0 Å². The molecule has 2 fully saturated rings. The molecule has 2 amide bonds. The lowest BCUT2D eigenvalue weighted by atomic mass is 9.99. The zero-order valence-electron chi connectivity index (χ0n) is 25.2. The number of aliphatic hydroxyl groups excluding tert-OH is 1. The second kappa shape index (κ2) is 15.9. The molecule has 0 bridgehead atoms. The lowest BCUT2D eigenvalue weighted by Gasteiger charge is -2.28. The number of benzene rings is 1. The van der Waals surface area contributed by atoms with Gasteiger partial charge >= 0.3 is 0 Å². The fourth-order valence-electron chi connectivity index (χ4n) is 6.02. The molecule has 1 aromatic carbocycles. The lowest BCUT2D eigenvalue weighted by Crippen LogP contribution is -2.34. The van der Waals surface area contributed by atoms with Crippen LogP contribution < -0.4 is 20.4 Å². The number of carbonyl (C=O) groups excluding carboxylic acids is 2. The van der Waals surface area contributed by atoms with Crippen LogP contribution in [0.2, 0.25) is 0 Å². The van der Waals surface area contributed by atoms with Crippen LogP contribution in [0.3, 0.4) is 0 Å². The highest BCUT2D eigenvalue weighted by atomic mass is 35.5. The van der Waals surface area contributed by atoms with Crippen LogP contribution in [-0.2, 0) is 16.0 Å². The smallest absolute Gasteiger partial charge is 0.253 e. The third-order valence-corrected chi connectivity index (χ3v) is 8.38. The van der Waals surface area contributed by atoms with E-state index in [4.69, 9.17) is 9.97 Å². The average Bonchev–Trinajstić information content (AvgIpc) is 3.05. The van der Waals surface area contributed by atoms with E-state index in [0.29, 0.717) is 16.9 Å². The molecule has 3 aliphatic rings. The number of anilines is 4. The number of hydrogen-bond acceptors (Lipinski definition) is 7. The van der Waals surface area contributed by atoms with Crippen molar-refractivity contribution in [2.75, 3.05) is 46.6 Å². The summed E-state index contributed by atoms with van der Waals surface area (Å²) in [6.07, 6.45) is 15.2. The summed E-state index contributed by atoms with van der Waals surface area (Å²) in [6.45, 7) is 4.13. The van der Waals surface area contributed by atoms with E-state index in [1.807, 2.05) is 18.5 Å². The van der Waals surface area contributed by atoms with E-state index in [0.717, 1.165) is 54.5 Å². The Kier molecular flexibility index (Phi) is 12.0. The normalized spacial score (nSPS) is 17.8. The SMILES string of the molecule is Cl.Cl.O=C(C=CC=C(c1ccc(N2CCCCC2)nc1)c1ccc(N2CCCCC2)nc1)Nc1cccc2c1CC(O)C(=O)N2. The predicted molar refractivity (Wildman–Crippen MR) is 185 cm³/mol. The van der Waals surface area contributed by atoms with Crippen LogP contribution in [0.5, 0.6) is 0 Å². The van der Waals surface area contributed by atoms with E-state index in [1.54, 1.807) is 24.3 Å². The fourth-order valence-corrected chi connectivity index (χ4v) is 6.02. The molecule has 11 heteroatoms. The van der Waals surface area contributed by atoms with E-state index in [1.165, 1.54) is 44.6 Å². The zero-order chi connectivity index (χ0) is 29.6. The van der Waals surface area contributed by atoms with Gasteiger partial charge in [0.25, 0.3) is 5.91 Å². The van der Waals surface area contributed by atoms with Gasteiger partial charge in [0.1, 0.15) is 17.7 Å². The fraction of sp³-hybridized carbons (Fsp3) is 0.353. The molecule has 3 aromatic rings. The molecule has 2 aromatic heterocycles. The van der Waals surface area contributed by atoms with E-state index < -0.39 is 12.0 Å². The first-order chi connectivity index (χ1) is 21.0. The molecule has 45 heavy (non-hydrogen) atoms. The minimum Gasteiger partial charge on any atom is -0.383 e. The summed E-state index contributed by atoms with van der Waals surface area (Å²) in [7, 11) is 0. The largest absolute Gasteiger partial charge is 0.383 e. The number of aliphatic hydroxyl groups is 1. The van der Waals surface area contributed by atoms with Gasteiger partial charge in [-0.05, 0) is 80.5 Å². The number of pyridine rings is 2. The number of halogens is 2.